The first-order chi connectivity index (χ1) is 8.31. The van der Waals surface area contributed by atoms with E-state index < -0.39 is 0 Å². The molecule has 1 amide bonds. The second-order valence-electron chi connectivity index (χ2n) is 5.21. The minimum Gasteiger partial charge on any atom is -0.378 e. The molecule has 5 heteroatoms. The Morgan fingerprint density at radius 3 is 3.00 bits per heavy atom. The zero-order valence-corrected chi connectivity index (χ0v) is 9.98. The maximum atomic E-state index is 11.9. The molecule has 3 rings (SSSR count). The SMILES string of the molecule is O=C(CC1COCCN1)N[C@@H]1C[C@H]2CC[C@@H]1O2. The molecule has 0 aromatic rings. The van der Waals surface area contributed by atoms with Crippen LogP contribution in [0.4, 0.5) is 0 Å². The summed E-state index contributed by atoms with van der Waals surface area (Å²) in [6.07, 6.45) is 4.41. The monoisotopic (exact) mass is 240 g/mol. The topological polar surface area (TPSA) is 59.6 Å². The number of morpholine rings is 1. The lowest BCUT2D eigenvalue weighted by Crippen LogP contribution is -2.47. The second-order valence-corrected chi connectivity index (χ2v) is 5.21. The molecule has 3 heterocycles. The standard InChI is InChI=1S/C12H20N2O3/c15-12(5-8-7-16-4-3-13-8)14-10-6-9-1-2-11(10)17-9/h8-11,13H,1-7H2,(H,14,15)/t8?,9-,10-,11+/m1/s1. The van der Waals surface area contributed by atoms with Crippen LogP contribution in [0, 0.1) is 0 Å². The molecule has 5 nitrogen and oxygen atoms in total. The van der Waals surface area contributed by atoms with E-state index in [4.69, 9.17) is 9.47 Å². The molecule has 4 atom stereocenters. The third-order valence-electron chi connectivity index (χ3n) is 3.88. The number of carbonyl (C=O) groups is 1. The summed E-state index contributed by atoms with van der Waals surface area (Å²) >= 11 is 0. The minimum atomic E-state index is 0.120. The fraction of sp³-hybridized carbons (Fsp3) is 0.917. The van der Waals surface area contributed by atoms with Gasteiger partial charge >= 0.3 is 0 Å². The number of rotatable bonds is 3. The van der Waals surface area contributed by atoms with Gasteiger partial charge in [0.25, 0.3) is 0 Å². The maximum absolute atomic E-state index is 11.9. The first-order valence-electron chi connectivity index (χ1n) is 6.57. The summed E-state index contributed by atoms with van der Waals surface area (Å²) in [5, 5.41) is 6.39. The third-order valence-corrected chi connectivity index (χ3v) is 3.88. The molecule has 0 aromatic heterocycles. The van der Waals surface area contributed by atoms with Crippen molar-refractivity contribution in [2.24, 2.45) is 0 Å². The molecule has 3 saturated heterocycles. The molecule has 0 saturated carbocycles. The van der Waals surface area contributed by atoms with E-state index in [0.29, 0.717) is 19.1 Å². The van der Waals surface area contributed by atoms with Crippen molar-refractivity contribution in [2.75, 3.05) is 19.8 Å². The van der Waals surface area contributed by atoms with E-state index in [1.807, 2.05) is 0 Å². The molecule has 0 aliphatic carbocycles. The molecular formula is C12H20N2O3. The molecule has 1 unspecified atom stereocenters. The Balaban J connectivity index is 1.44. The van der Waals surface area contributed by atoms with Crippen molar-refractivity contribution in [1.29, 1.82) is 0 Å². The second kappa shape index (κ2) is 4.92. The van der Waals surface area contributed by atoms with Gasteiger partial charge in [0.05, 0.1) is 31.5 Å². The maximum Gasteiger partial charge on any atom is 0.221 e. The van der Waals surface area contributed by atoms with Crippen LogP contribution in [0.5, 0.6) is 0 Å². The van der Waals surface area contributed by atoms with Crippen LogP contribution in [-0.4, -0.2) is 50.0 Å². The van der Waals surface area contributed by atoms with Gasteiger partial charge in [-0.15, -0.1) is 0 Å². The van der Waals surface area contributed by atoms with Crippen molar-refractivity contribution in [2.45, 2.75) is 50.0 Å². The van der Waals surface area contributed by atoms with Crippen LogP contribution in [0.1, 0.15) is 25.7 Å². The van der Waals surface area contributed by atoms with E-state index in [1.54, 1.807) is 0 Å². The Labute approximate surface area is 101 Å². The molecule has 2 bridgehead atoms. The van der Waals surface area contributed by atoms with Crippen molar-refractivity contribution in [3.8, 4) is 0 Å². The summed E-state index contributed by atoms with van der Waals surface area (Å²) in [5.41, 5.74) is 0. The predicted octanol–water partition coefficient (Wildman–Crippen LogP) is -0.199. The van der Waals surface area contributed by atoms with Crippen LogP contribution >= 0.6 is 0 Å². The van der Waals surface area contributed by atoms with Crippen molar-refractivity contribution < 1.29 is 14.3 Å². The Bertz CT molecular complexity index is 291. The van der Waals surface area contributed by atoms with Gasteiger partial charge in [-0.3, -0.25) is 4.79 Å². The smallest absolute Gasteiger partial charge is 0.221 e. The average Bonchev–Trinajstić information content (AvgIpc) is 2.92. The minimum absolute atomic E-state index is 0.120. The van der Waals surface area contributed by atoms with Gasteiger partial charge in [0.15, 0.2) is 0 Å². The van der Waals surface area contributed by atoms with E-state index in [9.17, 15) is 4.79 Å². The summed E-state index contributed by atoms with van der Waals surface area (Å²) in [5.74, 6) is 0.120. The molecule has 2 N–H and O–H groups in total. The van der Waals surface area contributed by atoms with Crippen LogP contribution in [0.25, 0.3) is 0 Å². The van der Waals surface area contributed by atoms with Crippen molar-refractivity contribution >= 4 is 5.91 Å². The van der Waals surface area contributed by atoms with Crippen LogP contribution in [0.3, 0.4) is 0 Å². The molecule has 17 heavy (non-hydrogen) atoms. The summed E-state index contributed by atoms with van der Waals surface area (Å²) in [4.78, 5) is 11.9. The van der Waals surface area contributed by atoms with E-state index in [-0.39, 0.29) is 24.1 Å². The zero-order chi connectivity index (χ0) is 11.7. The normalized spacial score (nSPS) is 40.5. The molecule has 0 radical (unpaired) electrons. The van der Waals surface area contributed by atoms with Crippen molar-refractivity contribution in [3.05, 3.63) is 0 Å². The fourth-order valence-electron chi connectivity index (χ4n) is 3.03. The first kappa shape index (κ1) is 11.4. The van der Waals surface area contributed by atoms with Gasteiger partial charge in [0, 0.05) is 19.0 Å². The Hall–Kier alpha value is -0.650. The van der Waals surface area contributed by atoms with E-state index in [2.05, 4.69) is 10.6 Å². The number of fused-ring (bicyclic) bond motifs is 2. The number of amides is 1. The highest BCUT2D eigenvalue weighted by molar-refractivity contribution is 5.77. The van der Waals surface area contributed by atoms with Crippen LogP contribution in [-0.2, 0) is 14.3 Å². The number of nitrogens with one attached hydrogen (secondary N) is 2. The summed E-state index contributed by atoms with van der Waals surface area (Å²) < 4.78 is 11.1. The van der Waals surface area contributed by atoms with E-state index >= 15 is 0 Å². The van der Waals surface area contributed by atoms with Gasteiger partial charge in [-0.25, -0.2) is 0 Å². The molecule has 3 aliphatic heterocycles. The van der Waals surface area contributed by atoms with Gasteiger partial charge in [-0.05, 0) is 19.3 Å². The quantitative estimate of drug-likeness (QED) is 0.717. The highest BCUT2D eigenvalue weighted by atomic mass is 16.5. The van der Waals surface area contributed by atoms with Crippen LogP contribution in [0.2, 0.25) is 0 Å². The molecule has 0 aromatic carbocycles. The van der Waals surface area contributed by atoms with E-state index in [0.717, 1.165) is 32.4 Å². The van der Waals surface area contributed by atoms with Gasteiger partial charge in [-0.2, -0.15) is 0 Å². The Kier molecular flexibility index (Phi) is 3.31. The average molecular weight is 240 g/mol. The number of hydrogen-bond acceptors (Lipinski definition) is 4. The molecule has 0 spiro atoms. The summed E-state index contributed by atoms with van der Waals surface area (Å²) in [7, 11) is 0. The molecule has 96 valence electrons. The largest absolute Gasteiger partial charge is 0.378 e. The molecule has 3 fully saturated rings. The summed E-state index contributed by atoms with van der Waals surface area (Å²) in [6.45, 7) is 2.23. The fourth-order valence-corrected chi connectivity index (χ4v) is 3.03. The lowest BCUT2D eigenvalue weighted by Gasteiger charge is -2.25. The number of carbonyl (C=O) groups excluding carboxylic acids is 1. The predicted molar refractivity (Wildman–Crippen MR) is 61.7 cm³/mol. The summed E-state index contributed by atoms with van der Waals surface area (Å²) in [6, 6.07) is 0.411. The number of hydrogen-bond donors (Lipinski definition) is 2. The van der Waals surface area contributed by atoms with Gasteiger partial charge in [0.1, 0.15) is 0 Å². The van der Waals surface area contributed by atoms with Crippen molar-refractivity contribution in [3.63, 3.8) is 0 Å². The van der Waals surface area contributed by atoms with Crippen LogP contribution in [0.15, 0.2) is 0 Å². The van der Waals surface area contributed by atoms with Crippen LogP contribution < -0.4 is 10.6 Å². The zero-order valence-electron chi connectivity index (χ0n) is 9.98. The van der Waals surface area contributed by atoms with Gasteiger partial charge in [0.2, 0.25) is 5.91 Å². The molecular weight excluding hydrogens is 220 g/mol. The lowest BCUT2D eigenvalue weighted by atomic mass is 9.95. The Morgan fingerprint density at radius 2 is 2.35 bits per heavy atom. The number of ether oxygens (including phenoxy) is 2. The van der Waals surface area contributed by atoms with Gasteiger partial charge < -0.3 is 20.1 Å². The Morgan fingerprint density at radius 1 is 1.41 bits per heavy atom. The lowest BCUT2D eigenvalue weighted by molar-refractivity contribution is -0.123. The first-order valence-corrected chi connectivity index (χ1v) is 6.57. The highest BCUT2D eigenvalue weighted by Crippen LogP contribution is 2.34. The van der Waals surface area contributed by atoms with E-state index in [1.165, 1.54) is 0 Å². The molecule has 3 aliphatic rings. The third kappa shape index (κ3) is 2.61. The highest BCUT2D eigenvalue weighted by Gasteiger charge is 2.41. The van der Waals surface area contributed by atoms with Gasteiger partial charge in [-0.1, -0.05) is 0 Å². The van der Waals surface area contributed by atoms with Crippen molar-refractivity contribution in [1.82, 2.24) is 10.6 Å².